The summed E-state index contributed by atoms with van der Waals surface area (Å²) in [7, 11) is 0. The van der Waals surface area contributed by atoms with Crippen LogP contribution in [0.5, 0.6) is 5.75 Å². The van der Waals surface area contributed by atoms with Crippen LogP contribution in [-0.2, 0) is 4.79 Å². The van der Waals surface area contributed by atoms with Gasteiger partial charge in [0.05, 0.1) is 0 Å². The molecule has 0 saturated heterocycles. The normalized spacial score (nSPS) is 12.2. The van der Waals surface area contributed by atoms with E-state index in [-0.39, 0.29) is 5.75 Å². The van der Waals surface area contributed by atoms with Crippen LogP contribution in [0.3, 0.4) is 0 Å². The maximum absolute atomic E-state index is 12.5. The first-order chi connectivity index (χ1) is 6.09. The minimum atomic E-state index is -2.32. The quantitative estimate of drug-likeness (QED) is 0.893. The van der Waals surface area contributed by atoms with Crippen molar-refractivity contribution in [2.45, 2.75) is 6.36 Å². The molecule has 70 valence electrons. The van der Waals surface area contributed by atoms with Gasteiger partial charge in [-0.2, -0.15) is 4.39 Å². The average molecular weight is 249 g/mol. The highest BCUT2D eigenvalue weighted by Crippen LogP contribution is 2.19. The zero-order valence-electron chi connectivity index (χ0n) is 6.41. The molecule has 0 aromatic heterocycles. The maximum atomic E-state index is 12.5. The Morgan fingerprint density at radius 2 is 2.31 bits per heavy atom. The van der Waals surface area contributed by atoms with Gasteiger partial charge in [0.25, 0.3) is 0 Å². The van der Waals surface area contributed by atoms with E-state index >= 15 is 0 Å². The van der Waals surface area contributed by atoms with E-state index in [4.69, 9.17) is 5.11 Å². The Morgan fingerprint density at radius 3 is 2.85 bits per heavy atom. The Hall–Kier alpha value is -1.10. The molecule has 0 saturated carbocycles. The molecule has 0 amide bonds. The van der Waals surface area contributed by atoms with E-state index in [0.717, 1.165) is 0 Å². The van der Waals surface area contributed by atoms with Crippen LogP contribution < -0.4 is 4.74 Å². The SMILES string of the molecule is O=C(O)[C@@H](F)Oc1cccc(Br)c1. The summed E-state index contributed by atoms with van der Waals surface area (Å²) < 4.78 is 17.7. The third kappa shape index (κ3) is 3.02. The minimum Gasteiger partial charge on any atom is -0.476 e. The van der Waals surface area contributed by atoms with Crippen LogP contribution >= 0.6 is 15.9 Å². The van der Waals surface area contributed by atoms with E-state index in [2.05, 4.69) is 20.7 Å². The van der Waals surface area contributed by atoms with E-state index < -0.39 is 12.3 Å². The van der Waals surface area contributed by atoms with Crippen molar-refractivity contribution in [3.8, 4) is 5.75 Å². The monoisotopic (exact) mass is 248 g/mol. The lowest BCUT2D eigenvalue weighted by molar-refractivity contribution is -0.153. The van der Waals surface area contributed by atoms with Gasteiger partial charge < -0.3 is 9.84 Å². The van der Waals surface area contributed by atoms with Crippen molar-refractivity contribution < 1.29 is 19.0 Å². The van der Waals surface area contributed by atoms with Gasteiger partial charge >= 0.3 is 12.3 Å². The molecule has 1 rings (SSSR count). The second kappa shape index (κ2) is 4.23. The van der Waals surface area contributed by atoms with Crippen LogP contribution in [0.25, 0.3) is 0 Å². The zero-order valence-corrected chi connectivity index (χ0v) is 7.99. The van der Waals surface area contributed by atoms with Crippen molar-refractivity contribution in [2.24, 2.45) is 0 Å². The third-order valence-corrected chi connectivity index (χ3v) is 1.72. The van der Waals surface area contributed by atoms with Gasteiger partial charge in [-0.1, -0.05) is 22.0 Å². The zero-order chi connectivity index (χ0) is 9.84. The Labute approximate surface area is 82.3 Å². The largest absolute Gasteiger partial charge is 0.476 e. The Bertz CT molecular complexity index is 316. The topological polar surface area (TPSA) is 46.5 Å². The number of hydrogen-bond acceptors (Lipinski definition) is 2. The number of carboxylic acid groups (broad SMARTS) is 1. The number of benzene rings is 1. The summed E-state index contributed by atoms with van der Waals surface area (Å²) in [6.45, 7) is 0. The highest BCUT2D eigenvalue weighted by molar-refractivity contribution is 9.10. The number of carbonyl (C=O) groups is 1. The summed E-state index contributed by atoms with van der Waals surface area (Å²) in [5, 5.41) is 8.20. The fourth-order valence-corrected chi connectivity index (χ4v) is 1.09. The second-order valence-electron chi connectivity index (χ2n) is 2.23. The van der Waals surface area contributed by atoms with Crippen LogP contribution in [0.2, 0.25) is 0 Å². The smallest absolute Gasteiger partial charge is 0.378 e. The van der Waals surface area contributed by atoms with Crippen LogP contribution in [0.1, 0.15) is 0 Å². The van der Waals surface area contributed by atoms with E-state index in [1.165, 1.54) is 12.1 Å². The molecule has 1 N–H and O–H groups in total. The summed E-state index contributed by atoms with van der Waals surface area (Å²) in [5.74, 6) is -1.47. The van der Waals surface area contributed by atoms with Gasteiger partial charge in [0.1, 0.15) is 5.75 Å². The highest BCUT2D eigenvalue weighted by atomic mass is 79.9. The molecule has 0 aliphatic heterocycles. The van der Waals surface area contributed by atoms with Gasteiger partial charge in [-0.15, -0.1) is 0 Å². The van der Waals surface area contributed by atoms with E-state index in [9.17, 15) is 9.18 Å². The molecular formula is C8H6BrFO3. The van der Waals surface area contributed by atoms with Crippen molar-refractivity contribution >= 4 is 21.9 Å². The molecule has 0 radical (unpaired) electrons. The van der Waals surface area contributed by atoms with E-state index in [1.807, 2.05) is 0 Å². The Balaban J connectivity index is 2.69. The molecule has 3 nitrogen and oxygen atoms in total. The van der Waals surface area contributed by atoms with E-state index in [0.29, 0.717) is 4.47 Å². The molecule has 1 aromatic rings. The van der Waals surface area contributed by atoms with Gasteiger partial charge in [-0.05, 0) is 18.2 Å². The summed E-state index contributed by atoms with van der Waals surface area (Å²) in [5.41, 5.74) is 0. The molecule has 0 aliphatic carbocycles. The van der Waals surface area contributed by atoms with Crippen molar-refractivity contribution in [3.05, 3.63) is 28.7 Å². The number of hydrogen-bond donors (Lipinski definition) is 1. The number of alkyl halides is 1. The number of rotatable bonds is 3. The number of halogens is 2. The molecular weight excluding hydrogens is 243 g/mol. The Kier molecular flexibility index (Phi) is 3.25. The molecule has 0 fully saturated rings. The van der Waals surface area contributed by atoms with Crippen LogP contribution in [0.15, 0.2) is 28.7 Å². The van der Waals surface area contributed by atoms with Crippen LogP contribution in [0.4, 0.5) is 4.39 Å². The highest BCUT2D eigenvalue weighted by Gasteiger charge is 2.16. The molecule has 0 bridgehead atoms. The number of aliphatic carboxylic acids is 1. The van der Waals surface area contributed by atoms with Crippen LogP contribution in [-0.4, -0.2) is 17.4 Å². The lowest BCUT2D eigenvalue weighted by atomic mass is 10.3. The van der Waals surface area contributed by atoms with Crippen molar-refractivity contribution in [3.63, 3.8) is 0 Å². The second-order valence-corrected chi connectivity index (χ2v) is 3.15. The lowest BCUT2D eigenvalue weighted by Gasteiger charge is -2.06. The fourth-order valence-electron chi connectivity index (χ4n) is 0.710. The lowest BCUT2D eigenvalue weighted by Crippen LogP contribution is -2.21. The first kappa shape index (κ1) is 9.98. The van der Waals surface area contributed by atoms with Crippen molar-refractivity contribution in [2.75, 3.05) is 0 Å². The predicted octanol–water partition coefficient (Wildman–Crippen LogP) is 2.21. The van der Waals surface area contributed by atoms with Gasteiger partial charge in [0.2, 0.25) is 0 Å². The Morgan fingerprint density at radius 1 is 1.62 bits per heavy atom. The molecule has 13 heavy (non-hydrogen) atoms. The molecule has 0 spiro atoms. The standard InChI is InChI=1S/C8H6BrFO3/c9-5-2-1-3-6(4-5)13-7(10)8(11)12/h1-4,7H,(H,11,12)/t7-/m0/s1. The summed E-state index contributed by atoms with van der Waals surface area (Å²) in [4.78, 5) is 10.1. The average Bonchev–Trinajstić information content (AvgIpc) is 2.04. The summed E-state index contributed by atoms with van der Waals surface area (Å²) in [6, 6.07) is 6.30. The summed E-state index contributed by atoms with van der Waals surface area (Å²) in [6.07, 6.45) is -2.32. The minimum absolute atomic E-state index is 0.171. The third-order valence-electron chi connectivity index (χ3n) is 1.23. The van der Waals surface area contributed by atoms with Crippen molar-refractivity contribution in [1.82, 2.24) is 0 Å². The number of ether oxygens (including phenoxy) is 1. The molecule has 1 atom stereocenters. The first-order valence-corrected chi connectivity index (χ1v) is 4.18. The van der Waals surface area contributed by atoms with Gasteiger partial charge in [-0.3, -0.25) is 0 Å². The van der Waals surface area contributed by atoms with Crippen molar-refractivity contribution in [1.29, 1.82) is 0 Å². The van der Waals surface area contributed by atoms with Gasteiger partial charge in [0.15, 0.2) is 0 Å². The number of carboxylic acids is 1. The van der Waals surface area contributed by atoms with Gasteiger partial charge in [0, 0.05) is 4.47 Å². The molecule has 0 aliphatic rings. The van der Waals surface area contributed by atoms with E-state index in [1.54, 1.807) is 12.1 Å². The van der Waals surface area contributed by atoms with Gasteiger partial charge in [-0.25, -0.2) is 4.79 Å². The fraction of sp³-hybridized carbons (Fsp3) is 0.125. The maximum Gasteiger partial charge on any atom is 0.378 e. The first-order valence-electron chi connectivity index (χ1n) is 3.38. The summed E-state index contributed by atoms with van der Waals surface area (Å²) >= 11 is 3.14. The molecule has 1 aromatic carbocycles. The predicted molar refractivity (Wildman–Crippen MR) is 47.3 cm³/mol. The molecule has 5 heteroatoms. The molecule has 0 unspecified atom stereocenters. The van der Waals surface area contributed by atoms with Crippen LogP contribution in [0, 0.1) is 0 Å². The molecule has 0 heterocycles.